The van der Waals surface area contributed by atoms with Crippen LogP contribution >= 0.6 is 0 Å². The van der Waals surface area contributed by atoms with Gasteiger partial charge in [-0.15, -0.1) is 0 Å². The predicted octanol–water partition coefficient (Wildman–Crippen LogP) is 0.122. The molecular formula is C11H11N3O4. The average molecular weight is 249 g/mol. The van der Waals surface area contributed by atoms with E-state index in [2.05, 4.69) is 0 Å². The third-order valence-corrected chi connectivity index (χ3v) is 2.51. The second kappa shape index (κ2) is 4.36. The summed E-state index contributed by atoms with van der Waals surface area (Å²) in [6.45, 7) is -0.717. The van der Waals surface area contributed by atoms with Gasteiger partial charge in [0.05, 0.1) is 5.69 Å². The Morgan fingerprint density at radius 2 is 1.89 bits per heavy atom. The Kier molecular flexibility index (Phi) is 2.88. The van der Waals surface area contributed by atoms with Gasteiger partial charge in [0.2, 0.25) is 0 Å². The number of amides is 3. The van der Waals surface area contributed by atoms with Gasteiger partial charge in [0.25, 0.3) is 5.91 Å². The zero-order valence-corrected chi connectivity index (χ0v) is 9.37. The number of aliphatic carboxylic acids is 1. The second-order valence-corrected chi connectivity index (χ2v) is 3.85. The number of nitrogens with two attached hydrogens (primary N) is 1. The molecule has 1 aromatic rings. The number of nitrogens with zero attached hydrogens (tertiary/aromatic N) is 2. The maximum absolute atomic E-state index is 11.9. The molecule has 2 rings (SSSR count). The van der Waals surface area contributed by atoms with Crippen molar-refractivity contribution in [2.75, 3.05) is 23.7 Å². The Morgan fingerprint density at radius 3 is 2.44 bits per heavy atom. The number of carbonyl (C=O) groups excluding carboxylic acids is 2. The monoisotopic (exact) mass is 249 g/mol. The molecule has 0 bridgehead atoms. The van der Waals surface area contributed by atoms with Crippen molar-refractivity contribution >= 4 is 29.3 Å². The zero-order chi connectivity index (χ0) is 13.3. The van der Waals surface area contributed by atoms with E-state index in [4.69, 9.17) is 10.8 Å². The molecule has 7 heteroatoms. The van der Waals surface area contributed by atoms with Crippen molar-refractivity contribution in [1.29, 1.82) is 0 Å². The van der Waals surface area contributed by atoms with Gasteiger partial charge in [0, 0.05) is 5.69 Å². The van der Waals surface area contributed by atoms with E-state index in [0.717, 1.165) is 9.80 Å². The molecule has 0 radical (unpaired) electrons. The standard InChI is InChI=1S/C11H11N3O4/c12-7-1-3-8(4-2-7)14-9(15)5-13(11(14)18)6-10(16)17/h1-4H,5-6,12H2,(H,16,17). The molecule has 0 unspecified atom stereocenters. The molecule has 1 saturated heterocycles. The number of rotatable bonds is 3. The van der Waals surface area contributed by atoms with Gasteiger partial charge in [-0.3, -0.25) is 9.59 Å². The number of nitrogen functional groups attached to an aromatic ring is 1. The van der Waals surface area contributed by atoms with Crippen LogP contribution in [0.25, 0.3) is 0 Å². The van der Waals surface area contributed by atoms with Crippen LogP contribution in [0.4, 0.5) is 16.2 Å². The fraction of sp³-hybridized carbons (Fsp3) is 0.182. The Labute approximate surface area is 102 Å². The lowest BCUT2D eigenvalue weighted by molar-refractivity contribution is -0.137. The van der Waals surface area contributed by atoms with Gasteiger partial charge in [-0.05, 0) is 24.3 Å². The molecule has 1 aliphatic rings. The van der Waals surface area contributed by atoms with Crippen molar-refractivity contribution in [2.45, 2.75) is 0 Å². The minimum atomic E-state index is -1.16. The summed E-state index contributed by atoms with van der Waals surface area (Å²) in [4.78, 5) is 36.0. The van der Waals surface area contributed by atoms with E-state index in [9.17, 15) is 14.4 Å². The highest BCUT2D eigenvalue weighted by Gasteiger charge is 2.37. The molecule has 0 atom stereocenters. The molecule has 94 valence electrons. The van der Waals surface area contributed by atoms with Crippen molar-refractivity contribution in [1.82, 2.24) is 4.90 Å². The summed E-state index contributed by atoms with van der Waals surface area (Å²) in [5.41, 5.74) is 6.41. The lowest BCUT2D eigenvalue weighted by Gasteiger charge is -2.15. The highest BCUT2D eigenvalue weighted by Crippen LogP contribution is 2.22. The molecule has 3 amide bonds. The molecule has 3 N–H and O–H groups in total. The van der Waals surface area contributed by atoms with Gasteiger partial charge in [0.15, 0.2) is 0 Å². The van der Waals surface area contributed by atoms with Crippen molar-refractivity contribution in [3.63, 3.8) is 0 Å². The topological polar surface area (TPSA) is 104 Å². The maximum Gasteiger partial charge on any atom is 0.332 e. The van der Waals surface area contributed by atoms with Gasteiger partial charge < -0.3 is 15.7 Å². The summed E-state index contributed by atoms with van der Waals surface area (Å²) in [7, 11) is 0. The molecular weight excluding hydrogens is 238 g/mol. The van der Waals surface area contributed by atoms with Crippen molar-refractivity contribution < 1.29 is 19.5 Å². The van der Waals surface area contributed by atoms with E-state index >= 15 is 0 Å². The largest absolute Gasteiger partial charge is 0.480 e. The summed E-state index contributed by atoms with van der Waals surface area (Å²) in [6, 6.07) is 5.57. The number of benzene rings is 1. The Hall–Kier alpha value is -2.57. The number of carbonyl (C=O) groups is 3. The number of urea groups is 1. The van der Waals surface area contributed by atoms with Gasteiger partial charge >= 0.3 is 12.0 Å². The van der Waals surface area contributed by atoms with E-state index in [0.29, 0.717) is 11.4 Å². The van der Waals surface area contributed by atoms with Gasteiger partial charge in [0.1, 0.15) is 13.1 Å². The first-order valence-corrected chi connectivity index (χ1v) is 5.18. The van der Waals surface area contributed by atoms with Crippen molar-refractivity contribution in [3.05, 3.63) is 24.3 Å². The highest BCUT2D eigenvalue weighted by molar-refractivity contribution is 6.20. The predicted molar refractivity (Wildman–Crippen MR) is 62.9 cm³/mol. The van der Waals surface area contributed by atoms with Gasteiger partial charge in [-0.2, -0.15) is 0 Å². The van der Waals surface area contributed by atoms with Crippen LogP contribution in [0.2, 0.25) is 0 Å². The first-order valence-electron chi connectivity index (χ1n) is 5.18. The summed E-state index contributed by atoms with van der Waals surface area (Å²) in [6.07, 6.45) is 0. The number of hydrogen-bond donors (Lipinski definition) is 2. The maximum atomic E-state index is 11.9. The number of anilines is 2. The molecule has 1 aliphatic heterocycles. The average Bonchev–Trinajstić information content (AvgIpc) is 2.55. The molecule has 7 nitrogen and oxygen atoms in total. The third kappa shape index (κ3) is 2.10. The smallest absolute Gasteiger partial charge is 0.332 e. The lowest BCUT2D eigenvalue weighted by atomic mass is 10.2. The van der Waals surface area contributed by atoms with E-state index in [-0.39, 0.29) is 6.54 Å². The SMILES string of the molecule is Nc1ccc(N2C(=O)CN(CC(=O)O)C2=O)cc1. The summed E-state index contributed by atoms with van der Waals surface area (Å²) >= 11 is 0. The van der Waals surface area contributed by atoms with Crippen LogP contribution in [0.5, 0.6) is 0 Å². The fourth-order valence-corrected chi connectivity index (χ4v) is 1.71. The van der Waals surface area contributed by atoms with Crippen LogP contribution in [0.1, 0.15) is 0 Å². The number of imide groups is 1. The van der Waals surface area contributed by atoms with Gasteiger partial charge in [-0.1, -0.05) is 0 Å². The Balaban J connectivity index is 2.24. The molecule has 18 heavy (non-hydrogen) atoms. The van der Waals surface area contributed by atoms with E-state index in [1.807, 2.05) is 0 Å². The van der Waals surface area contributed by atoms with Crippen LogP contribution in [-0.2, 0) is 9.59 Å². The second-order valence-electron chi connectivity index (χ2n) is 3.85. The van der Waals surface area contributed by atoms with Crippen LogP contribution in [0, 0.1) is 0 Å². The molecule has 1 heterocycles. The number of carboxylic acids is 1. The van der Waals surface area contributed by atoms with E-state index < -0.39 is 24.5 Å². The fourth-order valence-electron chi connectivity index (χ4n) is 1.71. The highest BCUT2D eigenvalue weighted by atomic mass is 16.4. The summed E-state index contributed by atoms with van der Waals surface area (Å²) < 4.78 is 0. The first-order chi connectivity index (χ1) is 8.49. The third-order valence-electron chi connectivity index (χ3n) is 2.51. The minimum Gasteiger partial charge on any atom is -0.480 e. The lowest BCUT2D eigenvalue weighted by Crippen LogP contribution is -2.35. The van der Waals surface area contributed by atoms with Crippen LogP contribution < -0.4 is 10.6 Å². The van der Waals surface area contributed by atoms with E-state index in [1.54, 1.807) is 12.1 Å². The van der Waals surface area contributed by atoms with E-state index in [1.165, 1.54) is 12.1 Å². The van der Waals surface area contributed by atoms with Crippen molar-refractivity contribution in [3.8, 4) is 0 Å². The molecule has 0 spiro atoms. The van der Waals surface area contributed by atoms with Crippen LogP contribution in [0.3, 0.4) is 0 Å². The van der Waals surface area contributed by atoms with Crippen LogP contribution in [-0.4, -0.2) is 41.0 Å². The quantitative estimate of drug-likeness (QED) is 0.585. The van der Waals surface area contributed by atoms with Crippen molar-refractivity contribution in [2.24, 2.45) is 0 Å². The van der Waals surface area contributed by atoms with Crippen LogP contribution in [0.15, 0.2) is 24.3 Å². The zero-order valence-electron chi connectivity index (χ0n) is 9.37. The molecule has 0 aliphatic carbocycles. The molecule has 0 saturated carbocycles. The molecule has 1 aromatic carbocycles. The summed E-state index contributed by atoms with van der Waals surface area (Å²) in [5.74, 6) is -1.61. The van der Waals surface area contributed by atoms with Gasteiger partial charge in [-0.25, -0.2) is 9.69 Å². The number of hydrogen-bond acceptors (Lipinski definition) is 4. The summed E-state index contributed by atoms with van der Waals surface area (Å²) in [5, 5.41) is 8.63. The Bertz CT molecular complexity index is 512. The molecule has 1 fully saturated rings. The minimum absolute atomic E-state index is 0.227. The first kappa shape index (κ1) is 11.9. The molecule has 0 aromatic heterocycles. The Morgan fingerprint density at radius 1 is 1.28 bits per heavy atom. The number of carboxylic acid groups (broad SMARTS) is 1. The normalized spacial score (nSPS) is 15.3.